The molecular formula is C9H17N3. The predicted molar refractivity (Wildman–Crippen MR) is 49.7 cm³/mol. The molecule has 3 heteroatoms. The number of hydrogen-bond acceptors (Lipinski definition) is 3. The van der Waals surface area contributed by atoms with Gasteiger partial charge in [-0.2, -0.15) is 0 Å². The number of piperazine rings is 1. The minimum atomic E-state index is 0.595. The van der Waals surface area contributed by atoms with E-state index in [4.69, 9.17) is 0 Å². The zero-order chi connectivity index (χ0) is 8.23. The summed E-state index contributed by atoms with van der Waals surface area (Å²) in [7, 11) is 0. The van der Waals surface area contributed by atoms with Crippen LogP contribution in [0.3, 0.4) is 0 Å². The van der Waals surface area contributed by atoms with E-state index in [1.807, 2.05) is 0 Å². The average Bonchev–Trinajstić information content (AvgIpc) is 2.21. The molecule has 0 aromatic heterocycles. The molecule has 12 heavy (non-hydrogen) atoms. The number of nitrogens with zero attached hydrogens (tertiary/aromatic N) is 1. The molecule has 0 radical (unpaired) electrons. The van der Waals surface area contributed by atoms with E-state index < -0.39 is 0 Å². The van der Waals surface area contributed by atoms with Crippen molar-refractivity contribution in [2.45, 2.75) is 19.0 Å². The minimum absolute atomic E-state index is 0.595. The summed E-state index contributed by atoms with van der Waals surface area (Å²) in [6.07, 6.45) is 7.38. The Kier molecular flexibility index (Phi) is 2.64. The van der Waals surface area contributed by atoms with Gasteiger partial charge < -0.3 is 10.6 Å². The Hall–Kier alpha value is -0.540. The van der Waals surface area contributed by atoms with Crippen molar-refractivity contribution in [2.24, 2.45) is 0 Å². The first-order valence-electron chi connectivity index (χ1n) is 4.82. The number of nitrogens with one attached hydrogen (secondary N) is 2. The summed E-state index contributed by atoms with van der Waals surface area (Å²) >= 11 is 0. The Morgan fingerprint density at radius 1 is 1.25 bits per heavy atom. The van der Waals surface area contributed by atoms with Crippen LogP contribution in [0.25, 0.3) is 0 Å². The summed E-state index contributed by atoms with van der Waals surface area (Å²) in [6, 6.07) is 0. The molecule has 0 aliphatic carbocycles. The van der Waals surface area contributed by atoms with Crippen LogP contribution >= 0.6 is 0 Å². The SMILES string of the molecule is C1=CNC(N2CCNCC2)CC1. The first-order valence-corrected chi connectivity index (χ1v) is 4.82. The Bertz CT molecular complexity index is 161. The van der Waals surface area contributed by atoms with Crippen molar-refractivity contribution in [3.05, 3.63) is 12.3 Å². The third-order valence-electron chi connectivity index (χ3n) is 2.61. The molecule has 3 nitrogen and oxygen atoms in total. The summed E-state index contributed by atoms with van der Waals surface area (Å²) in [6.45, 7) is 4.65. The van der Waals surface area contributed by atoms with E-state index >= 15 is 0 Å². The summed E-state index contributed by atoms with van der Waals surface area (Å²) in [5.41, 5.74) is 0. The number of hydrogen-bond donors (Lipinski definition) is 2. The maximum Gasteiger partial charge on any atom is 0.0792 e. The maximum absolute atomic E-state index is 3.41. The molecule has 0 saturated carbocycles. The van der Waals surface area contributed by atoms with E-state index in [-0.39, 0.29) is 0 Å². The van der Waals surface area contributed by atoms with Crippen LogP contribution in [-0.2, 0) is 0 Å². The van der Waals surface area contributed by atoms with E-state index in [0.717, 1.165) is 13.1 Å². The molecule has 1 unspecified atom stereocenters. The van der Waals surface area contributed by atoms with Crippen molar-refractivity contribution in [3.63, 3.8) is 0 Å². The highest BCUT2D eigenvalue weighted by molar-refractivity contribution is 4.90. The van der Waals surface area contributed by atoms with Crippen LogP contribution in [0.4, 0.5) is 0 Å². The number of rotatable bonds is 1. The lowest BCUT2D eigenvalue weighted by atomic mass is 10.1. The van der Waals surface area contributed by atoms with Gasteiger partial charge in [0, 0.05) is 26.2 Å². The van der Waals surface area contributed by atoms with Crippen LogP contribution in [0.1, 0.15) is 12.8 Å². The van der Waals surface area contributed by atoms with Gasteiger partial charge in [0.1, 0.15) is 0 Å². The van der Waals surface area contributed by atoms with E-state index in [0.29, 0.717) is 6.17 Å². The molecule has 1 saturated heterocycles. The molecule has 0 aromatic carbocycles. The standard InChI is InChI=1S/C9H17N3/c1-2-4-11-9(3-1)12-7-5-10-6-8-12/h2,4,9-11H,1,3,5-8H2. The van der Waals surface area contributed by atoms with Crippen molar-refractivity contribution < 1.29 is 0 Å². The summed E-state index contributed by atoms with van der Waals surface area (Å²) < 4.78 is 0. The van der Waals surface area contributed by atoms with E-state index in [2.05, 4.69) is 27.8 Å². The second kappa shape index (κ2) is 3.92. The van der Waals surface area contributed by atoms with Crippen LogP contribution in [-0.4, -0.2) is 37.2 Å². The van der Waals surface area contributed by atoms with Gasteiger partial charge in [-0.15, -0.1) is 0 Å². The smallest absolute Gasteiger partial charge is 0.0792 e. The summed E-state index contributed by atoms with van der Waals surface area (Å²) in [5, 5.41) is 6.77. The molecule has 0 spiro atoms. The first-order chi connectivity index (χ1) is 5.97. The van der Waals surface area contributed by atoms with Crippen LogP contribution in [0, 0.1) is 0 Å². The minimum Gasteiger partial charge on any atom is -0.376 e. The van der Waals surface area contributed by atoms with Gasteiger partial charge in [0.2, 0.25) is 0 Å². The van der Waals surface area contributed by atoms with Gasteiger partial charge in [0.15, 0.2) is 0 Å². The largest absolute Gasteiger partial charge is 0.376 e. The molecule has 0 aromatic rings. The van der Waals surface area contributed by atoms with Gasteiger partial charge in [-0.1, -0.05) is 6.08 Å². The molecule has 0 bridgehead atoms. The second-order valence-electron chi connectivity index (χ2n) is 3.45. The van der Waals surface area contributed by atoms with Gasteiger partial charge in [-0.05, 0) is 19.0 Å². The Morgan fingerprint density at radius 2 is 2.08 bits per heavy atom. The zero-order valence-corrected chi connectivity index (χ0v) is 7.42. The van der Waals surface area contributed by atoms with E-state index in [9.17, 15) is 0 Å². The molecule has 2 heterocycles. The van der Waals surface area contributed by atoms with Crippen molar-refractivity contribution in [3.8, 4) is 0 Å². The average molecular weight is 167 g/mol. The van der Waals surface area contributed by atoms with Gasteiger partial charge in [0.05, 0.1) is 6.17 Å². The monoisotopic (exact) mass is 167 g/mol. The molecule has 2 rings (SSSR count). The van der Waals surface area contributed by atoms with E-state index in [1.165, 1.54) is 25.9 Å². The van der Waals surface area contributed by atoms with Gasteiger partial charge >= 0.3 is 0 Å². The van der Waals surface area contributed by atoms with Crippen LogP contribution in [0.15, 0.2) is 12.3 Å². The Labute approximate surface area is 73.8 Å². The normalized spacial score (nSPS) is 31.5. The molecule has 2 aliphatic rings. The first kappa shape index (κ1) is 8.08. The van der Waals surface area contributed by atoms with Crippen molar-refractivity contribution in [2.75, 3.05) is 26.2 Å². The van der Waals surface area contributed by atoms with Crippen LogP contribution in [0.2, 0.25) is 0 Å². The van der Waals surface area contributed by atoms with Crippen LogP contribution < -0.4 is 10.6 Å². The van der Waals surface area contributed by atoms with Gasteiger partial charge in [0.25, 0.3) is 0 Å². The zero-order valence-electron chi connectivity index (χ0n) is 7.42. The quantitative estimate of drug-likeness (QED) is 0.580. The number of allylic oxidation sites excluding steroid dienone is 1. The molecule has 68 valence electrons. The fraction of sp³-hybridized carbons (Fsp3) is 0.778. The highest BCUT2D eigenvalue weighted by Crippen LogP contribution is 2.09. The molecule has 1 fully saturated rings. The topological polar surface area (TPSA) is 27.3 Å². The van der Waals surface area contributed by atoms with Gasteiger partial charge in [-0.3, -0.25) is 4.90 Å². The van der Waals surface area contributed by atoms with Crippen molar-refractivity contribution in [1.29, 1.82) is 0 Å². The lowest BCUT2D eigenvalue weighted by Crippen LogP contribution is -2.53. The van der Waals surface area contributed by atoms with E-state index in [1.54, 1.807) is 0 Å². The van der Waals surface area contributed by atoms with Gasteiger partial charge in [-0.25, -0.2) is 0 Å². The highest BCUT2D eigenvalue weighted by Gasteiger charge is 2.19. The summed E-state index contributed by atoms with van der Waals surface area (Å²) in [5.74, 6) is 0. The third-order valence-corrected chi connectivity index (χ3v) is 2.61. The molecule has 1 atom stereocenters. The van der Waals surface area contributed by atoms with Crippen LogP contribution in [0.5, 0.6) is 0 Å². The Morgan fingerprint density at radius 3 is 2.75 bits per heavy atom. The fourth-order valence-corrected chi connectivity index (χ4v) is 1.88. The molecule has 2 aliphatic heterocycles. The summed E-state index contributed by atoms with van der Waals surface area (Å²) in [4.78, 5) is 2.53. The second-order valence-corrected chi connectivity index (χ2v) is 3.45. The molecular weight excluding hydrogens is 150 g/mol. The molecule has 0 amide bonds. The van der Waals surface area contributed by atoms with Crippen molar-refractivity contribution >= 4 is 0 Å². The molecule has 2 N–H and O–H groups in total. The highest BCUT2D eigenvalue weighted by atomic mass is 15.3. The Balaban J connectivity index is 1.85. The lowest BCUT2D eigenvalue weighted by Gasteiger charge is -2.36. The predicted octanol–water partition coefficient (Wildman–Crippen LogP) is 0.115. The van der Waals surface area contributed by atoms with Crippen molar-refractivity contribution in [1.82, 2.24) is 15.5 Å². The third kappa shape index (κ3) is 1.79. The fourth-order valence-electron chi connectivity index (χ4n) is 1.88. The maximum atomic E-state index is 3.41. The lowest BCUT2D eigenvalue weighted by molar-refractivity contribution is 0.146.